The second kappa shape index (κ2) is 13.6. The first-order valence-electron chi connectivity index (χ1n) is 10.8. The number of nitrogens with one attached hydrogen (secondary N) is 2. The van der Waals surface area contributed by atoms with Crippen LogP contribution in [-0.4, -0.2) is 30.5 Å². The van der Waals surface area contributed by atoms with Crippen LogP contribution in [-0.2, 0) is 23.9 Å². The van der Waals surface area contributed by atoms with Gasteiger partial charge in [0.15, 0.2) is 0 Å². The zero-order chi connectivity index (χ0) is 25.7. The zero-order valence-corrected chi connectivity index (χ0v) is 20.3. The molecule has 4 N–H and O–H groups in total. The summed E-state index contributed by atoms with van der Waals surface area (Å²) in [6, 6.07) is 13.7. The number of nitrogen functional groups attached to an aromatic ring is 1. The lowest BCUT2D eigenvalue weighted by Gasteiger charge is -2.16. The predicted molar refractivity (Wildman–Crippen MR) is 131 cm³/mol. The molecule has 9 heteroatoms. The molecule has 184 valence electrons. The second-order valence-corrected chi connectivity index (χ2v) is 8.37. The predicted octanol–water partition coefficient (Wildman–Crippen LogP) is 4.36. The Bertz CT molecular complexity index is 981. The van der Waals surface area contributed by atoms with E-state index in [1.54, 1.807) is 69.3 Å². The van der Waals surface area contributed by atoms with Crippen LogP contribution in [0.1, 0.15) is 57.8 Å². The largest absolute Gasteiger partial charge is 0.428 e. The van der Waals surface area contributed by atoms with Crippen molar-refractivity contribution in [3.05, 3.63) is 54.1 Å². The van der Waals surface area contributed by atoms with Crippen LogP contribution in [0, 0.1) is 5.41 Å². The molecule has 34 heavy (non-hydrogen) atoms. The lowest BCUT2D eigenvalue weighted by Crippen LogP contribution is -2.24. The monoisotopic (exact) mass is 471 g/mol. The molecule has 0 aliphatic carbocycles. The van der Waals surface area contributed by atoms with E-state index in [1.165, 1.54) is 6.92 Å². The molecule has 0 fully saturated rings. The number of carbonyl (C=O) groups excluding carboxylic acids is 4. The highest BCUT2D eigenvalue weighted by Crippen LogP contribution is 2.18. The van der Waals surface area contributed by atoms with Gasteiger partial charge in [0.1, 0.15) is 0 Å². The van der Waals surface area contributed by atoms with Crippen molar-refractivity contribution < 1.29 is 28.7 Å². The minimum absolute atomic E-state index is 0.153. The third kappa shape index (κ3) is 10.6. The Morgan fingerprint density at radius 1 is 0.912 bits per heavy atom. The van der Waals surface area contributed by atoms with Gasteiger partial charge in [0.05, 0.1) is 16.8 Å². The van der Waals surface area contributed by atoms with E-state index in [-0.39, 0.29) is 30.5 Å². The maximum absolute atomic E-state index is 12.0. The molecule has 0 saturated heterocycles. The highest BCUT2D eigenvalue weighted by molar-refractivity contribution is 6.06. The highest BCUT2D eigenvalue weighted by Gasteiger charge is 2.23. The van der Waals surface area contributed by atoms with Crippen LogP contribution in [0.25, 0.3) is 0 Å². The number of anilines is 3. The number of nitrogens with two attached hydrogens (primary N) is 1. The van der Waals surface area contributed by atoms with Crippen molar-refractivity contribution in [2.24, 2.45) is 5.41 Å². The maximum Gasteiger partial charge on any atom is 0.314 e. The van der Waals surface area contributed by atoms with Crippen molar-refractivity contribution in [2.45, 2.75) is 47.5 Å². The average Bonchev–Trinajstić information content (AvgIpc) is 2.75. The fourth-order valence-corrected chi connectivity index (χ4v) is 2.36. The van der Waals surface area contributed by atoms with Gasteiger partial charge in [-0.15, -0.1) is 0 Å². The number of hydrogen-bond donors (Lipinski definition) is 3. The maximum atomic E-state index is 12.0. The smallest absolute Gasteiger partial charge is 0.314 e. The fourth-order valence-electron chi connectivity index (χ4n) is 2.36. The lowest BCUT2D eigenvalue weighted by molar-refractivity contribution is -0.173. The molecular weight excluding hydrogens is 438 g/mol. The van der Waals surface area contributed by atoms with E-state index >= 15 is 0 Å². The van der Waals surface area contributed by atoms with Crippen LogP contribution in [0.3, 0.4) is 0 Å². The number of ether oxygens (including phenoxy) is 2. The van der Waals surface area contributed by atoms with E-state index in [2.05, 4.69) is 15.4 Å². The lowest BCUT2D eigenvalue weighted by atomic mass is 9.98. The number of carbonyl (C=O) groups is 4. The van der Waals surface area contributed by atoms with E-state index < -0.39 is 5.41 Å². The normalized spacial score (nSPS) is 10.3. The Morgan fingerprint density at radius 3 is 2.06 bits per heavy atom. The molecule has 2 rings (SSSR count). The number of hydrogen-bond acceptors (Lipinski definition) is 7. The summed E-state index contributed by atoms with van der Waals surface area (Å²) < 4.78 is 9.41. The molecule has 0 unspecified atom stereocenters. The van der Waals surface area contributed by atoms with Gasteiger partial charge in [0, 0.05) is 24.6 Å². The topological polar surface area (TPSA) is 137 Å². The van der Waals surface area contributed by atoms with Gasteiger partial charge in [-0.2, -0.15) is 0 Å². The third-order valence-electron chi connectivity index (χ3n) is 4.15. The molecule has 0 atom stereocenters. The molecule has 0 spiro atoms. The van der Waals surface area contributed by atoms with E-state index in [0.717, 1.165) is 6.42 Å². The van der Waals surface area contributed by atoms with Crippen molar-refractivity contribution in [3.8, 4) is 0 Å². The Hall–Kier alpha value is -3.88. The summed E-state index contributed by atoms with van der Waals surface area (Å²) in [5.41, 5.74) is 7.42. The van der Waals surface area contributed by atoms with Gasteiger partial charge >= 0.3 is 11.9 Å². The van der Waals surface area contributed by atoms with Crippen molar-refractivity contribution in [3.63, 3.8) is 0 Å². The number of rotatable bonds is 7. The summed E-state index contributed by atoms with van der Waals surface area (Å²) in [4.78, 5) is 45.0. The minimum Gasteiger partial charge on any atom is -0.428 e. The standard InChI is InChI=1S/C15H15N3O2.C10H18O4/c1-10(19)17-12-8-6-11(7-9-12)15(20)18-14-5-3-2-4-13(14)16;1-5-6-8(11)13-7-14-9(12)10(2,3)4/h2-9H,16H2,1H3,(H,17,19)(H,18,20);5-7H2,1-4H3. The molecule has 0 aromatic heterocycles. The van der Waals surface area contributed by atoms with E-state index in [9.17, 15) is 19.2 Å². The van der Waals surface area contributed by atoms with Gasteiger partial charge in [0.25, 0.3) is 5.91 Å². The van der Waals surface area contributed by atoms with Crippen molar-refractivity contribution in [1.82, 2.24) is 0 Å². The quantitative estimate of drug-likeness (QED) is 0.310. The summed E-state index contributed by atoms with van der Waals surface area (Å²) in [6.45, 7) is 8.24. The molecule has 0 saturated carbocycles. The Morgan fingerprint density at radius 2 is 1.53 bits per heavy atom. The van der Waals surface area contributed by atoms with Gasteiger partial charge in [0.2, 0.25) is 12.7 Å². The van der Waals surface area contributed by atoms with E-state index in [0.29, 0.717) is 29.0 Å². The average molecular weight is 472 g/mol. The molecule has 2 aromatic carbocycles. The van der Waals surface area contributed by atoms with Crippen LogP contribution >= 0.6 is 0 Å². The van der Waals surface area contributed by atoms with Crippen LogP contribution < -0.4 is 16.4 Å². The SMILES string of the molecule is CC(=O)Nc1ccc(C(=O)Nc2ccccc2N)cc1.CCCC(=O)OCOC(=O)C(C)(C)C. The molecule has 2 aromatic rings. The van der Waals surface area contributed by atoms with Gasteiger partial charge in [-0.05, 0) is 63.6 Å². The summed E-state index contributed by atoms with van der Waals surface area (Å²) in [5.74, 6) is -1.12. The van der Waals surface area contributed by atoms with Crippen LogP contribution in [0.4, 0.5) is 17.1 Å². The van der Waals surface area contributed by atoms with E-state index in [1.807, 2.05) is 6.92 Å². The van der Waals surface area contributed by atoms with Crippen LogP contribution in [0.2, 0.25) is 0 Å². The zero-order valence-electron chi connectivity index (χ0n) is 20.3. The summed E-state index contributed by atoms with van der Waals surface area (Å²) in [5, 5.41) is 5.37. The molecule has 0 aliphatic rings. The van der Waals surface area contributed by atoms with Crippen LogP contribution in [0.5, 0.6) is 0 Å². The van der Waals surface area contributed by atoms with Crippen molar-refractivity contribution >= 4 is 40.8 Å². The van der Waals surface area contributed by atoms with Gasteiger partial charge in [-0.3, -0.25) is 19.2 Å². The third-order valence-corrected chi connectivity index (χ3v) is 4.15. The van der Waals surface area contributed by atoms with Gasteiger partial charge in [-0.25, -0.2) is 0 Å². The van der Waals surface area contributed by atoms with Crippen molar-refractivity contribution in [1.29, 1.82) is 0 Å². The van der Waals surface area contributed by atoms with Crippen molar-refractivity contribution in [2.75, 3.05) is 23.2 Å². The molecule has 0 radical (unpaired) electrons. The van der Waals surface area contributed by atoms with Crippen LogP contribution in [0.15, 0.2) is 48.5 Å². The highest BCUT2D eigenvalue weighted by atomic mass is 16.7. The molecule has 2 amide bonds. The minimum atomic E-state index is -0.558. The first kappa shape index (κ1) is 28.2. The summed E-state index contributed by atoms with van der Waals surface area (Å²) in [7, 11) is 0. The Balaban J connectivity index is 0.000000365. The molecular formula is C25H33N3O6. The Labute approximate surface area is 200 Å². The molecule has 0 bridgehead atoms. The summed E-state index contributed by atoms with van der Waals surface area (Å²) in [6.07, 6.45) is 1.08. The Kier molecular flexibility index (Phi) is 11.3. The number of benzene rings is 2. The number of esters is 2. The van der Waals surface area contributed by atoms with Gasteiger partial charge in [-0.1, -0.05) is 19.1 Å². The molecule has 0 aliphatic heterocycles. The fraction of sp³-hybridized carbons (Fsp3) is 0.360. The van der Waals surface area contributed by atoms with Gasteiger partial charge < -0.3 is 25.8 Å². The molecule has 9 nitrogen and oxygen atoms in total. The second-order valence-electron chi connectivity index (χ2n) is 8.37. The summed E-state index contributed by atoms with van der Waals surface area (Å²) >= 11 is 0. The number of amides is 2. The number of para-hydroxylation sites is 2. The first-order chi connectivity index (χ1) is 15.9. The molecule has 0 heterocycles. The first-order valence-corrected chi connectivity index (χ1v) is 10.8. The van der Waals surface area contributed by atoms with E-state index in [4.69, 9.17) is 10.5 Å².